The van der Waals surface area contributed by atoms with Gasteiger partial charge in [0.2, 0.25) is 5.91 Å². The smallest absolute Gasteiger partial charge is 0.225 e. The standard InChI is InChI=1S/C22H26N2O2/c1-15-7-9-18(10-8-15)26-19-11-17(12-19)24-22(25)21-14-23-13-20(21)16-5-3-2-4-6-16/h2-10,17,19-21,23H,11-14H2,1H3,(H,24,25)/t17?,19?,20-,21?/m0/s1. The summed E-state index contributed by atoms with van der Waals surface area (Å²) in [7, 11) is 0. The second-order valence-corrected chi connectivity index (χ2v) is 7.51. The molecule has 2 aromatic carbocycles. The van der Waals surface area contributed by atoms with Crippen LogP contribution in [0.5, 0.6) is 5.75 Å². The van der Waals surface area contributed by atoms with Gasteiger partial charge in [-0.05, 0) is 24.6 Å². The molecule has 0 aromatic heterocycles. The third-order valence-electron chi connectivity index (χ3n) is 5.54. The molecule has 136 valence electrons. The van der Waals surface area contributed by atoms with Crippen molar-refractivity contribution < 1.29 is 9.53 Å². The number of hydrogen-bond acceptors (Lipinski definition) is 3. The summed E-state index contributed by atoms with van der Waals surface area (Å²) in [5.74, 6) is 1.35. The van der Waals surface area contributed by atoms with E-state index in [0.717, 1.165) is 31.7 Å². The van der Waals surface area contributed by atoms with Gasteiger partial charge in [0.15, 0.2) is 0 Å². The van der Waals surface area contributed by atoms with Crippen LogP contribution in [0.15, 0.2) is 54.6 Å². The summed E-state index contributed by atoms with van der Waals surface area (Å²) >= 11 is 0. The molecule has 4 rings (SSSR count). The van der Waals surface area contributed by atoms with E-state index in [0.29, 0.717) is 0 Å². The van der Waals surface area contributed by atoms with Crippen LogP contribution < -0.4 is 15.4 Å². The van der Waals surface area contributed by atoms with Crippen molar-refractivity contribution in [2.75, 3.05) is 13.1 Å². The molecule has 1 aliphatic carbocycles. The molecule has 0 bridgehead atoms. The number of rotatable bonds is 5. The maximum absolute atomic E-state index is 12.7. The highest BCUT2D eigenvalue weighted by atomic mass is 16.5. The van der Waals surface area contributed by atoms with E-state index in [2.05, 4.69) is 41.8 Å². The highest BCUT2D eigenvalue weighted by Gasteiger charge is 2.38. The van der Waals surface area contributed by atoms with Gasteiger partial charge in [-0.2, -0.15) is 0 Å². The Labute approximate surface area is 155 Å². The molecule has 1 heterocycles. The minimum Gasteiger partial charge on any atom is -0.490 e. The van der Waals surface area contributed by atoms with Gasteiger partial charge in [0, 0.05) is 37.9 Å². The van der Waals surface area contributed by atoms with Crippen molar-refractivity contribution in [1.82, 2.24) is 10.6 Å². The Hall–Kier alpha value is -2.33. The first-order valence-corrected chi connectivity index (χ1v) is 9.48. The Morgan fingerprint density at radius 1 is 1.04 bits per heavy atom. The van der Waals surface area contributed by atoms with Gasteiger partial charge in [-0.15, -0.1) is 0 Å². The van der Waals surface area contributed by atoms with Gasteiger partial charge in [-0.3, -0.25) is 4.79 Å². The minimum absolute atomic E-state index is 0.00877. The van der Waals surface area contributed by atoms with Gasteiger partial charge in [-0.25, -0.2) is 0 Å². The molecule has 26 heavy (non-hydrogen) atoms. The molecule has 4 nitrogen and oxygen atoms in total. The van der Waals surface area contributed by atoms with Crippen LogP contribution in [0.1, 0.15) is 29.9 Å². The lowest BCUT2D eigenvalue weighted by Crippen LogP contribution is -2.51. The second-order valence-electron chi connectivity index (χ2n) is 7.51. The SMILES string of the molecule is Cc1ccc(OC2CC(NC(=O)C3CNC[C@H]3c3ccccc3)C2)cc1. The molecule has 4 heteroatoms. The van der Waals surface area contributed by atoms with Gasteiger partial charge in [0.05, 0.1) is 5.92 Å². The van der Waals surface area contributed by atoms with E-state index in [1.165, 1.54) is 11.1 Å². The average Bonchev–Trinajstić information content (AvgIpc) is 3.12. The highest BCUT2D eigenvalue weighted by molar-refractivity contribution is 5.81. The maximum atomic E-state index is 12.7. The Bertz CT molecular complexity index is 738. The largest absolute Gasteiger partial charge is 0.490 e. The molecule has 1 saturated heterocycles. The van der Waals surface area contributed by atoms with Gasteiger partial charge in [0.25, 0.3) is 0 Å². The fraction of sp³-hybridized carbons (Fsp3) is 0.409. The van der Waals surface area contributed by atoms with Crippen LogP contribution in [0.3, 0.4) is 0 Å². The van der Waals surface area contributed by atoms with E-state index >= 15 is 0 Å². The molecule has 2 fully saturated rings. The third kappa shape index (κ3) is 3.75. The zero-order chi connectivity index (χ0) is 17.9. The summed E-state index contributed by atoms with van der Waals surface area (Å²) in [5, 5.41) is 6.60. The third-order valence-corrected chi connectivity index (χ3v) is 5.54. The predicted molar refractivity (Wildman–Crippen MR) is 102 cm³/mol. The van der Waals surface area contributed by atoms with Crippen LogP contribution in [-0.4, -0.2) is 31.1 Å². The molecule has 2 atom stereocenters. The molecule has 2 N–H and O–H groups in total. The lowest BCUT2D eigenvalue weighted by Gasteiger charge is -2.36. The van der Waals surface area contributed by atoms with Gasteiger partial charge in [-0.1, -0.05) is 48.0 Å². The van der Waals surface area contributed by atoms with Crippen molar-refractivity contribution in [2.24, 2.45) is 5.92 Å². The van der Waals surface area contributed by atoms with Gasteiger partial charge < -0.3 is 15.4 Å². The van der Waals surface area contributed by atoms with E-state index in [4.69, 9.17) is 4.74 Å². The molecule has 1 saturated carbocycles. The molecule has 2 aliphatic rings. The summed E-state index contributed by atoms with van der Waals surface area (Å²) in [6.07, 6.45) is 1.97. The van der Waals surface area contributed by atoms with E-state index in [-0.39, 0.29) is 29.9 Å². The van der Waals surface area contributed by atoms with Crippen LogP contribution in [-0.2, 0) is 4.79 Å². The molecule has 2 aromatic rings. The lowest BCUT2D eigenvalue weighted by atomic mass is 9.85. The normalized spacial score (nSPS) is 27.6. The molecule has 1 unspecified atom stereocenters. The van der Waals surface area contributed by atoms with E-state index in [1.54, 1.807) is 0 Å². The Balaban J connectivity index is 1.27. The summed E-state index contributed by atoms with van der Waals surface area (Å²) in [5.41, 5.74) is 2.47. The average molecular weight is 350 g/mol. The number of carbonyl (C=O) groups is 1. The molecular formula is C22H26N2O2. The monoisotopic (exact) mass is 350 g/mol. The van der Waals surface area contributed by atoms with E-state index in [9.17, 15) is 4.79 Å². The molecule has 0 spiro atoms. The van der Waals surface area contributed by atoms with Crippen molar-refractivity contribution in [1.29, 1.82) is 0 Å². The van der Waals surface area contributed by atoms with Crippen LogP contribution in [0.25, 0.3) is 0 Å². The molecule has 1 aliphatic heterocycles. The Morgan fingerprint density at radius 2 is 1.77 bits per heavy atom. The fourth-order valence-corrected chi connectivity index (χ4v) is 3.90. The van der Waals surface area contributed by atoms with E-state index < -0.39 is 0 Å². The van der Waals surface area contributed by atoms with Crippen LogP contribution in [0, 0.1) is 12.8 Å². The second kappa shape index (κ2) is 7.50. The van der Waals surface area contributed by atoms with Crippen LogP contribution in [0.2, 0.25) is 0 Å². The number of carbonyl (C=O) groups excluding carboxylic acids is 1. The topological polar surface area (TPSA) is 50.4 Å². The molecule has 0 radical (unpaired) electrons. The Morgan fingerprint density at radius 3 is 2.50 bits per heavy atom. The number of aryl methyl sites for hydroxylation is 1. The molecule has 1 amide bonds. The minimum atomic E-state index is 0.00877. The fourth-order valence-electron chi connectivity index (χ4n) is 3.90. The van der Waals surface area contributed by atoms with Crippen LogP contribution in [0.4, 0.5) is 0 Å². The zero-order valence-electron chi connectivity index (χ0n) is 15.2. The predicted octanol–water partition coefficient (Wildman–Crippen LogP) is 3.02. The first kappa shape index (κ1) is 17.1. The van der Waals surface area contributed by atoms with E-state index in [1.807, 2.05) is 30.3 Å². The molecular weight excluding hydrogens is 324 g/mol. The van der Waals surface area contributed by atoms with Crippen molar-refractivity contribution in [3.8, 4) is 5.75 Å². The van der Waals surface area contributed by atoms with Crippen molar-refractivity contribution in [2.45, 2.75) is 37.8 Å². The summed E-state index contributed by atoms with van der Waals surface area (Å²) in [4.78, 5) is 12.7. The quantitative estimate of drug-likeness (QED) is 0.871. The van der Waals surface area contributed by atoms with Gasteiger partial charge >= 0.3 is 0 Å². The maximum Gasteiger partial charge on any atom is 0.225 e. The summed E-state index contributed by atoms with van der Waals surface area (Å²) < 4.78 is 5.97. The number of ether oxygens (including phenoxy) is 1. The van der Waals surface area contributed by atoms with Crippen LogP contribution >= 0.6 is 0 Å². The number of hydrogen-bond donors (Lipinski definition) is 2. The summed E-state index contributed by atoms with van der Waals surface area (Å²) in [6, 6.07) is 18.7. The lowest BCUT2D eigenvalue weighted by molar-refractivity contribution is -0.126. The van der Waals surface area contributed by atoms with Crippen molar-refractivity contribution in [3.05, 3.63) is 65.7 Å². The first-order valence-electron chi connectivity index (χ1n) is 9.48. The summed E-state index contributed by atoms with van der Waals surface area (Å²) in [6.45, 7) is 3.69. The highest BCUT2D eigenvalue weighted by Crippen LogP contribution is 2.30. The first-order chi connectivity index (χ1) is 12.7. The zero-order valence-corrected chi connectivity index (χ0v) is 15.2. The van der Waals surface area contributed by atoms with Crippen molar-refractivity contribution in [3.63, 3.8) is 0 Å². The Kier molecular flexibility index (Phi) is 4.93. The number of amides is 1. The van der Waals surface area contributed by atoms with Gasteiger partial charge in [0.1, 0.15) is 11.9 Å². The number of benzene rings is 2. The van der Waals surface area contributed by atoms with Crippen molar-refractivity contribution >= 4 is 5.91 Å². The number of nitrogens with one attached hydrogen (secondary N) is 2.